The number of nitrogens with one attached hydrogen (secondary N) is 1. The third-order valence-electron chi connectivity index (χ3n) is 4.62. The van der Waals surface area contributed by atoms with Gasteiger partial charge in [-0.2, -0.15) is 5.10 Å². The van der Waals surface area contributed by atoms with Crippen LogP contribution < -0.4 is 10.1 Å². The quantitative estimate of drug-likeness (QED) is 0.481. The highest BCUT2D eigenvalue weighted by Gasteiger charge is 2.11. The molecule has 1 N–H and O–H groups in total. The van der Waals surface area contributed by atoms with Gasteiger partial charge in [-0.3, -0.25) is 9.08 Å². The number of rotatable bonds is 5. The summed E-state index contributed by atoms with van der Waals surface area (Å²) in [7, 11) is 1.85. The molecular weight excluding hydrogens is 380 g/mol. The van der Waals surface area contributed by atoms with Crippen LogP contribution in [0, 0.1) is 6.92 Å². The van der Waals surface area contributed by atoms with Crippen molar-refractivity contribution in [2.75, 3.05) is 5.32 Å². The van der Waals surface area contributed by atoms with Gasteiger partial charge >= 0.3 is 6.01 Å². The van der Waals surface area contributed by atoms with Crippen LogP contribution in [-0.4, -0.2) is 34.3 Å². The number of fused-ring (bicyclic) bond motifs is 1. The van der Waals surface area contributed by atoms with Gasteiger partial charge in [-0.25, -0.2) is 9.97 Å². The van der Waals surface area contributed by atoms with Gasteiger partial charge in [0.15, 0.2) is 5.65 Å². The topological polar surface area (TPSA) is 95.0 Å². The number of benzene rings is 1. The molecule has 9 nitrogen and oxygen atoms in total. The zero-order valence-corrected chi connectivity index (χ0v) is 16.4. The van der Waals surface area contributed by atoms with Crippen molar-refractivity contribution in [1.82, 2.24) is 34.3 Å². The summed E-state index contributed by atoms with van der Waals surface area (Å²) in [6.45, 7) is 2.03. The van der Waals surface area contributed by atoms with Crippen LogP contribution in [-0.2, 0) is 7.05 Å². The van der Waals surface area contributed by atoms with E-state index in [-0.39, 0.29) is 0 Å². The molecule has 4 heterocycles. The van der Waals surface area contributed by atoms with Crippen LogP contribution in [0.5, 0.6) is 11.8 Å². The first-order valence-electron chi connectivity index (χ1n) is 9.33. The highest BCUT2D eigenvalue weighted by molar-refractivity contribution is 5.65. The number of pyridine rings is 1. The predicted molar refractivity (Wildman–Crippen MR) is 112 cm³/mol. The molecule has 5 aromatic rings. The smallest absolute Gasteiger partial charge is 0.327 e. The molecule has 0 unspecified atom stereocenters. The Hall–Kier alpha value is -4.27. The Morgan fingerprint density at radius 2 is 1.83 bits per heavy atom. The Kier molecular flexibility index (Phi) is 4.32. The molecule has 148 valence electrons. The molecule has 9 heteroatoms. The summed E-state index contributed by atoms with van der Waals surface area (Å²) in [6.07, 6.45) is 5.28. The van der Waals surface area contributed by atoms with Crippen molar-refractivity contribution < 1.29 is 4.74 Å². The Bertz CT molecular complexity index is 1320. The summed E-state index contributed by atoms with van der Waals surface area (Å²) >= 11 is 0. The summed E-state index contributed by atoms with van der Waals surface area (Å²) < 4.78 is 9.37. The SMILES string of the molecule is Cc1ccc(Oc2nnc3cc(-c4ccnc(Nc5ccnn5C)n4)ccn23)cc1. The summed E-state index contributed by atoms with van der Waals surface area (Å²) in [6, 6.07) is 15.7. The average molecular weight is 398 g/mol. The van der Waals surface area contributed by atoms with Crippen molar-refractivity contribution in [2.24, 2.45) is 7.05 Å². The number of aromatic nitrogens is 7. The van der Waals surface area contributed by atoms with Crippen LogP contribution in [0.15, 0.2) is 67.1 Å². The minimum Gasteiger partial charge on any atom is -0.424 e. The number of hydrogen-bond donors (Lipinski definition) is 1. The van der Waals surface area contributed by atoms with Gasteiger partial charge in [0, 0.05) is 31.1 Å². The van der Waals surface area contributed by atoms with E-state index in [0.717, 1.165) is 17.1 Å². The molecule has 0 atom stereocenters. The molecular formula is C21H18N8O. The van der Waals surface area contributed by atoms with Crippen molar-refractivity contribution in [3.63, 3.8) is 0 Å². The highest BCUT2D eigenvalue weighted by atomic mass is 16.5. The Morgan fingerprint density at radius 1 is 0.967 bits per heavy atom. The first kappa shape index (κ1) is 17.8. The maximum Gasteiger partial charge on any atom is 0.327 e. The van der Waals surface area contributed by atoms with E-state index in [0.29, 0.717) is 23.4 Å². The van der Waals surface area contributed by atoms with E-state index in [4.69, 9.17) is 4.74 Å². The molecule has 0 saturated heterocycles. The van der Waals surface area contributed by atoms with Crippen molar-refractivity contribution in [2.45, 2.75) is 6.92 Å². The standard InChI is InChI=1S/C21H18N8O/c1-14-3-5-16(6-4-14)30-21-27-26-19-13-15(9-12-29(19)21)17-7-10-22-20(24-17)25-18-8-11-23-28(18)2/h3-13H,1-2H3,(H,22,24,25). The number of aryl methyl sites for hydroxylation is 2. The molecule has 0 amide bonds. The van der Waals surface area contributed by atoms with Crippen LogP contribution in [0.4, 0.5) is 11.8 Å². The zero-order valence-electron chi connectivity index (χ0n) is 16.4. The fourth-order valence-corrected chi connectivity index (χ4v) is 3.00. The van der Waals surface area contributed by atoms with Gasteiger partial charge in [0.2, 0.25) is 5.95 Å². The van der Waals surface area contributed by atoms with Crippen molar-refractivity contribution in [3.8, 4) is 23.0 Å². The van der Waals surface area contributed by atoms with E-state index < -0.39 is 0 Å². The molecule has 0 aliphatic heterocycles. The first-order valence-corrected chi connectivity index (χ1v) is 9.33. The van der Waals surface area contributed by atoms with Crippen LogP contribution in [0.3, 0.4) is 0 Å². The molecule has 0 fully saturated rings. The summed E-state index contributed by atoms with van der Waals surface area (Å²) in [4.78, 5) is 8.88. The monoisotopic (exact) mass is 398 g/mol. The maximum absolute atomic E-state index is 5.87. The van der Waals surface area contributed by atoms with E-state index in [9.17, 15) is 0 Å². The lowest BCUT2D eigenvalue weighted by Gasteiger charge is -2.07. The number of nitrogens with zero attached hydrogens (tertiary/aromatic N) is 7. The average Bonchev–Trinajstić information content (AvgIpc) is 3.35. The molecule has 5 rings (SSSR count). The van der Waals surface area contributed by atoms with Crippen molar-refractivity contribution >= 4 is 17.4 Å². The molecule has 0 radical (unpaired) electrons. The zero-order chi connectivity index (χ0) is 20.5. The van der Waals surface area contributed by atoms with Gasteiger partial charge in [0.25, 0.3) is 0 Å². The third kappa shape index (κ3) is 3.44. The van der Waals surface area contributed by atoms with Gasteiger partial charge in [0.1, 0.15) is 11.6 Å². The van der Waals surface area contributed by atoms with E-state index in [1.165, 1.54) is 5.56 Å². The van der Waals surface area contributed by atoms with Gasteiger partial charge < -0.3 is 10.1 Å². The highest BCUT2D eigenvalue weighted by Crippen LogP contribution is 2.24. The van der Waals surface area contributed by atoms with Crippen LogP contribution in [0.25, 0.3) is 16.9 Å². The second-order valence-corrected chi connectivity index (χ2v) is 6.77. The Labute approximate surface area is 172 Å². The van der Waals surface area contributed by atoms with Gasteiger partial charge in [-0.05, 0) is 37.3 Å². The lowest BCUT2D eigenvalue weighted by molar-refractivity contribution is 0.436. The molecule has 0 spiro atoms. The molecule has 0 aliphatic carbocycles. The van der Waals surface area contributed by atoms with Crippen LogP contribution in [0.2, 0.25) is 0 Å². The van der Waals surface area contributed by atoms with Crippen LogP contribution in [0.1, 0.15) is 5.56 Å². The number of hydrogen-bond acceptors (Lipinski definition) is 7. The minimum atomic E-state index is 0.404. The van der Waals surface area contributed by atoms with Gasteiger partial charge in [0.05, 0.1) is 11.9 Å². The molecule has 0 saturated carbocycles. The third-order valence-corrected chi connectivity index (χ3v) is 4.62. The largest absolute Gasteiger partial charge is 0.424 e. The normalized spacial score (nSPS) is 11.0. The first-order chi connectivity index (χ1) is 14.7. The van der Waals surface area contributed by atoms with E-state index >= 15 is 0 Å². The lowest BCUT2D eigenvalue weighted by Crippen LogP contribution is -2.02. The molecule has 1 aromatic carbocycles. The van der Waals surface area contributed by atoms with Crippen LogP contribution >= 0.6 is 0 Å². The molecule has 0 bridgehead atoms. The fraction of sp³-hybridized carbons (Fsp3) is 0.0952. The maximum atomic E-state index is 5.87. The summed E-state index contributed by atoms with van der Waals surface area (Å²) in [5.41, 5.74) is 3.49. The molecule has 30 heavy (non-hydrogen) atoms. The van der Waals surface area contributed by atoms with Crippen molar-refractivity contribution in [3.05, 3.63) is 72.7 Å². The Balaban J connectivity index is 1.42. The molecule has 0 aliphatic rings. The van der Waals surface area contributed by atoms with Crippen molar-refractivity contribution in [1.29, 1.82) is 0 Å². The predicted octanol–water partition coefficient (Wildman–Crippen LogP) is 3.76. The van der Waals surface area contributed by atoms with E-state index in [2.05, 4.69) is 30.6 Å². The fourth-order valence-electron chi connectivity index (χ4n) is 3.00. The molecule has 4 aromatic heterocycles. The second kappa shape index (κ2) is 7.28. The number of anilines is 2. The lowest BCUT2D eigenvalue weighted by atomic mass is 10.2. The minimum absolute atomic E-state index is 0.404. The van der Waals surface area contributed by atoms with E-state index in [1.54, 1.807) is 21.5 Å². The number of ether oxygens (including phenoxy) is 1. The van der Waals surface area contributed by atoms with Gasteiger partial charge in [-0.1, -0.05) is 22.8 Å². The second-order valence-electron chi connectivity index (χ2n) is 6.77. The van der Waals surface area contributed by atoms with Gasteiger partial charge in [-0.15, -0.1) is 5.10 Å². The summed E-state index contributed by atoms with van der Waals surface area (Å²) in [5, 5.41) is 15.7. The summed E-state index contributed by atoms with van der Waals surface area (Å²) in [5.74, 6) is 2.00. The Morgan fingerprint density at radius 3 is 2.63 bits per heavy atom. The van der Waals surface area contributed by atoms with E-state index in [1.807, 2.05) is 68.7 Å².